The fourth-order valence-electron chi connectivity index (χ4n) is 2.79. The van der Waals surface area contributed by atoms with Crippen LogP contribution in [0.1, 0.15) is 34.7 Å². The highest BCUT2D eigenvalue weighted by Crippen LogP contribution is 2.20. The second-order valence-corrected chi connectivity index (χ2v) is 5.70. The van der Waals surface area contributed by atoms with Gasteiger partial charge < -0.3 is 9.84 Å². The van der Waals surface area contributed by atoms with Crippen LogP contribution in [0.5, 0.6) is 0 Å². The zero-order chi connectivity index (χ0) is 15.0. The molecule has 2 aromatic rings. The van der Waals surface area contributed by atoms with E-state index in [1.54, 1.807) is 0 Å². The van der Waals surface area contributed by atoms with Crippen molar-refractivity contribution in [2.45, 2.75) is 26.3 Å². The number of hydrogen-bond acceptors (Lipinski definition) is 6. The Morgan fingerprint density at radius 1 is 1.32 bits per heavy atom. The zero-order valence-corrected chi connectivity index (χ0v) is 14.3. The largest absolute Gasteiger partial charge is 0.339 e. The quantitative estimate of drug-likeness (QED) is 0.907. The van der Waals surface area contributed by atoms with E-state index in [1.165, 1.54) is 5.56 Å². The molecule has 122 valence electrons. The van der Waals surface area contributed by atoms with E-state index < -0.39 is 0 Å². The molecule has 0 bridgehead atoms. The minimum Gasteiger partial charge on any atom is -0.339 e. The third kappa shape index (κ3) is 3.16. The van der Waals surface area contributed by atoms with Gasteiger partial charge in [-0.15, -0.1) is 12.4 Å². The van der Waals surface area contributed by atoms with Crippen molar-refractivity contribution in [1.29, 1.82) is 0 Å². The summed E-state index contributed by atoms with van der Waals surface area (Å²) in [5.74, 6) is 1.42. The van der Waals surface area contributed by atoms with Gasteiger partial charge in [0.1, 0.15) is 0 Å². The summed E-state index contributed by atoms with van der Waals surface area (Å²) < 4.78 is 7.33. The fourth-order valence-corrected chi connectivity index (χ4v) is 2.79. The molecule has 0 aromatic carbocycles. The minimum absolute atomic E-state index is 0. The van der Waals surface area contributed by atoms with Gasteiger partial charge in [0.25, 0.3) is 0 Å². The van der Waals surface area contributed by atoms with Gasteiger partial charge in [-0.1, -0.05) is 5.16 Å². The molecule has 3 heterocycles. The van der Waals surface area contributed by atoms with Gasteiger partial charge in [-0.2, -0.15) is 10.1 Å². The maximum atomic E-state index is 5.44. The Morgan fingerprint density at radius 3 is 2.73 bits per heavy atom. The lowest BCUT2D eigenvalue weighted by Crippen LogP contribution is -2.44. The molecule has 0 spiro atoms. The Hall–Kier alpha value is -1.44. The van der Waals surface area contributed by atoms with Gasteiger partial charge in [-0.25, -0.2) is 0 Å². The maximum absolute atomic E-state index is 5.44. The molecule has 0 aliphatic carbocycles. The van der Waals surface area contributed by atoms with E-state index >= 15 is 0 Å². The molecule has 1 unspecified atom stereocenters. The van der Waals surface area contributed by atoms with Crippen LogP contribution in [0.15, 0.2) is 4.52 Å². The molecule has 1 fully saturated rings. The van der Waals surface area contributed by atoms with Crippen molar-refractivity contribution in [1.82, 2.24) is 30.1 Å². The average molecular weight is 327 g/mol. The summed E-state index contributed by atoms with van der Waals surface area (Å²) in [4.78, 5) is 6.83. The summed E-state index contributed by atoms with van der Waals surface area (Å²) in [5.41, 5.74) is 3.33. The molecular formula is C14H23ClN6O. The molecule has 7 nitrogen and oxygen atoms in total. The smallest absolute Gasteiger partial charge is 0.231 e. The molecule has 1 atom stereocenters. The first-order chi connectivity index (χ1) is 10.1. The monoisotopic (exact) mass is 326 g/mol. The third-order valence-corrected chi connectivity index (χ3v) is 4.28. The molecule has 2 aromatic heterocycles. The lowest BCUT2D eigenvalue weighted by Gasteiger charge is -2.30. The Morgan fingerprint density at radius 2 is 2.09 bits per heavy atom. The number of aromatic nitrogens is 4. The average Bonchev–Trinajstić information content (AvgIpc) is 3.01. The van der Waals surface area contributed by atoms with Crippen molar-refractivity contribution < 1.29 is 4.52 Å². The van der Waals surface area contributed by atoms with Crippen LogP contribution in [0.2, 0.25) is 0 Å². The van der Waals surface area contributed by atoms with Gasteiger partial charge in [0.2, 0.25) is 5.89 Å². The van der Waals surface area contributed by atoms with E-state index in [-0.39, 0.29) is 18.4 Å². The van der Waals surface area contributed by atoms with Crippen molar-refractivity contribution >= 4 is 12.4 Å². The second-order valence-electron chi connectivity index (χ2n) is 5.70. The van der Waals surface area contributed by atoms with E-state index in [9.17, 15) is 0 Å². The van der Waals surface area contributed by atoms with Crippen LogP contribution in [0.25, 0.3) is 0 Å². The van der Waals surface area contributed by atoms with Crippen LogP contribution >= 0.6 is 12.4 Å². The Labute approximate surface area is 136 Å². The van der Waals surface area contributed by atoms with Crippen LogP contribution in [-0.2, 0) is 13.5 Å². The summed E-state index contributed by atoms with van der Waals surface area (Å²) in [6.07, 6.45) is 0.641. The molecular weight excluding hydrogens is 304 g/mol. The van der Waals surface area contributed by atoms with Crippen molar-refractivity contribution in [3.05, 3.63) is 28.7 Å². The fraction of sp³-hybridized carbons (Fsp3) is 0.643. The Kier molecular flexibility index (Phi) is 5.20. The van der Waals surface area contributed by atoms with Crippen LogP contribution in [0, 0.1) is 13.8 Å². The lowest BCUT2D eigenvalue weighted by molar-refractivity contribution is 0.190. The first kappa shape index (κ1) is 16.9. The highest BCUT2D eigenvalue weighted by atomic mass is 35.5. The molecule has 22 heavy (non-hydrogen) atoms. The highest BCUT2D eigenvalue weighted by Gasteiger charge is 2.25. The minimum atomic E-state index is 0. The summed E-state index contributed by atoms with van der Waals surface area (Å²) in [7, 11) is 4.05. The summed E-state index contributed by atoms with van der Waals surface area (Å²) in [6.45, 7) is 6.94. The number of hydrogen-bond donors (Lipinski definition) is 1. The number of halogens is 1. The van der Waals surface area contributed by atoms with Crippen molar-refractivity contribution in [2.24, 2.45) is 7.05 Å². The topological polar surface area (TPSA) is 72.0 Å². The lowest BCUT2D eigenvalue weighted by atomic mass is 10.1. The predicted octanol–water partition coefficient (Wildman–Crippen LogP) is 1.01. The summed E-state index contributed by atoms with van der Waals surface area (Å²) in [6, 6.07) is 0.187. The second kappa shape index (κ2) is 6.76. The number of aryl methyl sites for hydroxylation is 2. The van der Waals surface area contributed by atoms with Crippen LogP contribution in [-0.4, -0.2) is 51.5 Å². The normalized spacial score (nSPS) is 19.2. The third-order valence-electron chi connectivity index (χ3n) is 4.28. The molecule has 0 amide bonds. The van der Waals surface area contributed by atoms with Gasteiger partial charge in [-0.3, -0.25) is 9.58 Å². The number of nitrogens with one attached hydrogen (secondary N) is 1. The maximum Gasteiger partial charge on any atom is 0.231 e. The number of likely N-dealkylation sites (N-methyl/N-ethyl adjacent to an activating group) is 1. The molecule has 1 aliphatic rings. The van der Waals surface area contributed by atoms with E-state index in [0.29, 0.717) is 12.3 Å². The Balaban J connectivity index is 0.00000176. The van der Waals surface area contributed by atoms with Crippen LogP contribution in [0.3, 0.4) is 0 Å². The Bertz CT molecular complexity index is 637. The molecule has 0 radical (unpaired) electrons. The molecule has 1 saturated heterocycles. The van der Waals surface area contributed by atoms with E-state index in [4.69, 9.17) is 4.52 Å². The van der Waals surface area contributed by atoms with Crippen molar-refractivity contribution in [3.63, 3.8) is 0 Å². The van der Waals surface area contributed by atoms with E-state index in [2.05, 4.69) is 39.4 Å². The number of nitrogens with zero attached hydrogens (tertiary/aromatic N) is 5. The van der Waals surface area contributed by atoms with Gasteiger partial charge in [0.05, 0.1) is 18.2 Å². The standard InChI is InChI=1S/C14H22N6O.ClH/c1-9-11(10(2)20(4)17-9)7-13-16-14(18-21-13)12-8-15-5-6-19(12)3;/h12,15H,5-8H2,1-4H3;1H. The van der Waals surface area contributed by atoms with Gasteiger partial charge in [-0.05, 0) is 20.9 Å². The predicted molar refractivity (Wildman–Crippen MR) is 85.3 cm³/mol. The van der Waals surface area contributed by atoms with Crippen LogP contribution < -0.4 is 5.32 Å². The molecule has 0 saturated carbocycles. The zero-order valence-electron chi connectivity index (χ0n) is 13.5. The van der Waals surface area contributed by atoms with Crippen molar-refractivity contribution in [2.75, 3.05) is 26.7 Å². The molecule has 3 rings (SSSR count). The SMILES string of the molecule is Cc1nn(C)c(C)c1Cc1nc(C2CNCCN2C)no1.Cl. The van der Waals surface area contributed by atoms with Gasteiger partial charge in [0, 0.05) is 37.9 Å². The van der Waals surface area contributed by atoms with E-state index in [1.807, 2.05) is 18.7 Å². The van der Waals surface area contributed by atoms with Gasteiger partial charge in [0.15, 0.2) is 5.82 Å². The number of rotatable bonds is 3. The first-order valence-electron chi connectivity index (χ1n) is 7.28. The molecule has 1 aliphatic heterocycles. The van der Waals surface area contributed by atoms with Crippen molar-refractivity contribution in [3.8, 4) is 0 Å². The summed E-state index contributed by atoms with van der Waals surface area (Å²) >= 11 is 0. The summed E-state index contributed by atoms with van der Waals surface area (Å²) in [5, 5.41) is 11.9. The van der Waals surface area contributed by atoms with E-state index in [0.717, 1.165) is 36.8 Å². The highest BCUT2D eigenvalue weighted by molar-refractivity contribution is 5.85. The molecule has 8 heteroatoms. The number of piperazine rings is 1. The first-order valence-corrected chi connectivity index (χ1v) is 7.28. The van der Waals surface area contributed by atoms with Crippen LogP contribution in [0.4, 0.5) is 0 Å². The van der Waals surface area contributed by atoms with Gasteiger partial charge >= 0.3 is 0 Å². The molecule has 1 N–H and O–H groups in total.